The predicted octanol–water partition coefficient (Wildman–Crippen LogP) is 4.69. The van der Waals surface area contributed by atoms with E-state index in [1.54, 1.807) is 36.2 Å². The van der Waals surface area contributed by atoms with Gasteiger partial charge in [0.2, 0.25) is 5.91 Å². The molecule has 8 heteroatoms. The Labute approximate surface area is 199 Å². The third-order valence-corrected chi connectivity index (χ3v) is 8.36. The maximum Gasteiger partial charge on any atom is 0.250 e. The van der Waals surface area contributed by atoms with Gasteiger partial charge in [0, 0.05) is 57.8 Å². The van der Waals surface area contributed by atoms with Gasteiger partial charge < -0.3 is 5.32 Å². The molecule has 0 saturated carbocycles. The Bertz CT molecular complexity index is 1270. The summed E-state index contributed by atoms with van der Waals surface area (Å²) in [5, 5.41) is 3.54. The van der Waals surface area contributed by atoms with Crippen LogP contribution < -0.4 is 5.32 Å². The summed E-state index contributed by atoms with van der Waals surface area (Å²) in [6, 6.07) is 15.2. The summed E-state index contributed by atoms with van der Waals surface area (Å²) in [7, 11) is 0. The van der Waals surface area contributed by atoms with Crippen molar-refractivity contribution >= 4 is 40.7 Å². The van der Waals surface area contributed by atoms with Crippen LogP contribution in [0.4, 0.5) is 10.1 Å². The van der Waals surface area contributed by atoms with Gasteiger partial charge in [0.05, 0.1) is 5.92 Å². The molecule has 1 aromatic heterocycles. The molecule has 1 amide bonds. The highest BCUT2D eigenvalue weighted by molar-refractivity contribution is 7.99. The molecule has 2 aromatic carbocycles. The van der Waals surface area contributed by atoms with Gasteiger partial charge in [-0.3, -0.25) is 19.5 Å². The molecule has 5 nitrogen and oxygen atoms in total. The Balaban J connectivity index is 1.63. The number of anilines is 1. The van der Waals surface area contributed by atoms with E-state index in [0.717, 1.165) is 11.3 Å². The second-order valence-corrected chi connectivity index (χ2v) is 10.0. The zero-order chi connectivity index (χ0) is 22.7. The van der Waals surface area contributed by atoms with E-state index in [-0.39, 0.29) is 23.7 Å². The van der Waals surface area contributed by atoms with Crippen LogP contribution in [0.15, 0.2) is 67.0 Å². The Morgan fingerprint density at radius 3 is 2.79 bits per heavy atom. The number of hydrogen-bond acceptors (Lipinski definition) is 5. The van der Waals surface area contributed by atoms with E-state index in [4.69, 9.17) is 11.6 Å². The second-order valence-electron chi connectivity index (χ2n) is 8.61. The predicted molar refractivity (Wildman–Crippen MR) is 126 cm³/mol. The standard InChI is InChI=1S/C25H19ClFN3O2S/c26-16-5-3-14(4-6-16)21-20-12-33-13-30(20)25(22(21)23(31)15-2-1-9-28-11-15)18-10-17(27)7-8-19(18)29-24(25)32/h1-11,20-22H,12-13H2,(H,29,32)/t20-,21-,22-,25+/m0/s1. The Morgan fingerprint density at radius 2 is 2.03 bits per heavy atom. The highest BCUT2D eigenvalue weighted by atomic mass is 35.5. The van der Waals surface area contributed by atoms with Crippen LogP contribution >= 0.6 is 23.4 Å². The molecule has 0 bridgehead atoms. The first-order valence-corrected chi connectivity index (χ1v) is 12.2. The normalized spacial score (nSPS) is 28.1. The van der Waals surface area contributed by atoms with Gasteiger partial charge in [0.1, 0.15) is 11.4 Å². The van der Waals surface area contributed by atoms with E-state index in [1.165, 1.54) is 18.3 Å². The fourth-order valence-electron chi connectivity index (χ4n) is 5.79. The summed E-state index contributed by atoms with van der Waals surface area (Å²) < 4.78 is 14.5. The maximum absolute atomic E-state index is 14.5. The molecule has 2 saturated heterocycles. The molecule has 0 unspecified atom stereocenters. The van der Waals surface area contributed by atoms with Gasteiger partial charge in [-0.25, -0.2) is 4.39 Å². The summed E-state index contributed by atoms with van der Waals surface area (Å²) in [6.07, 6.45) is 3.15. The number of amides is 1. The number of nitrogens with zero attached hydrogens (tertiary/aromatic N) is 2. The number of carbonyl (C=O) groups is 2. The third-order valence-electron chi connectivity index (χ3n) is 7.07. The number of fused-ring (bicyclic) bond motifs is 4. The summed E-state index contributed by atoms with van der Waals surface area (Å²) >= 11 is 7.88. The minimum atomic E-state index is -1.30. The lowest BCUT2D eigenvalue weighted by Gasteiger charge is -2.36. The molecule has 3 aromatic rings. The number of Topliss-reactive ketones (excluding diaryl/α,β-unsaturated/α-hetero) is 1. The molecule has 2 fully saturated rings. The monoisotopic (exact) mass is 479 g/mol. The quantitative estimate of drug-likeness (QED) is 0.552. The fraction of sp³-hybridized carbons (Fsp3) is 0.240. The van der Waals surface area contributed by atoms with Crippen molar-refractivity contribution in [3.63, 3.8) is 0 Å². The molecule has 3 aliphatic heterocycles. The first-order chi connectivity index (χ1) is 16.0. The molecule has 33 heavy (non-hydrogen) atoms. The van der Waals surface area contributed by atoms with Gasteiger partial charge in [-0.2, -0.15) is 0 Å². The summed E-state index contributed by atoms with van der Waals surface area (Å²) in [4.78, 5) is 34.2. The van der Waals surface area contributed by atoms with Crippen LogP contribution in [0.5, 0.6) is 0 Å². The Kier molecular flexibility index (Phi) is 4.83. The average molecular weight is 480 g/mol. The van der Waals surface area contributed by atoms with Crippen LogP contribution in [0.1, 0.15) is 27.4 Å². The van der Waals surface area contributed by atoms with Crippen LogP contribution in [-0.2, 0) is 10.3 Å². The summed E-state index contributed by atoms with van der Waals surface area (Å²) in [5.41, 5.74) is 1.15. The van der Waals surface area contributed by atoms with Crippen LogP contribution in [0.2, 0.25) is 5.02 Å². The number of carbonyl (C=O) groups excluding carboxylic acids is 2. The van der Waals surface area contributed by atoms with Gasteiger partial charge in [-0.15, -0.1) is 11.8 Å². The molecule has 0 radical (unpaired) electrons. The number of thioether (sulfide) groups is 1. The number of pyridine rings is 1. The zero-order valence-electron chi connectivity index (χ0n) is 17.4. The van der Waals surface area contributed by atoms with E-state index in [2.05, 4.69) is 15.2 Å². The van der Waals surface area contributed by atoms with Crippen molar-refractivity contribution in [3.05, 3.63) is 94.5 Å². The van der Waals surface area contributed by atoms with Crippen molar-refractivity contribution < 1.29 is 14.0 Å². The van der Waals surface area contributed by atoms with Gasteiger partial charge in [0.25, 0.3) is 0 Å². The number of benzene rings is 2. The molecular weight excluding hydrogens is 461 g/mol. The molecule has 4 heterocycles. The molecule has 3 aliphatic rings. The number of aromatic nitrogens is 1. The maximum atomic E-state index is 14.5. The van der Waals surface area contributed by atoms with Crippen molar-refractivity contribution in [1.82, 2.24) is 9.88 Å². The molecule has 0 aliphatic carbocycles. The van der Waals surface area contributed by atoms with Crippen LogP contribution in [0.3, 0.4) is 0 Å². The number of nitrogens with one attached hydrogen (secondary N) is 1. The van der Waals surface area contributed by atoms with Crippen molar-refractivity contribution in [1.29, 1.82) is 0 Å². The Hall–Kier alpha value is -2.74. The van der Waals surface area contributed by atoms with E-state index < -0.39 is 17.3 Å². The number of hydrogen-bond donors (Lipinski definition) is 1. The first kappa shape index (κ1) is 20.8. The number of halogens is 2. The SMILES string of the molecule is O=C(c1cccnc1)[C@@H]1[C@@H](c2ccc(Cl)cc2)[C@@H]2CSCN2[C@@]12C(=O)Nc1ccc(F)cc12. The summed E-state index contributed by atoms with van der Waals surface area (Å²) in [5.74, 6) is -0.569. The van der Waals surface area contributed by atoms with Crippen LogP contribution in [0.25, 0.3) is 0 Å². The van der Waals surface area contributed by atoms with E-state index in [9.17, 15) is 14.0 Å². The van der Waals surface area contributed by atoms with Crippen molar-refractivity contribution in [3.8, 4) is 0 Å². The minimum Gasteiger partial charge on any atom is -0.324 e. The molecule has 1 spiro atoms. The van der Waals surface area contributed by atoms with Gasteiger partial charge in [-0.05, 0) is 48.0 Å². The molecular formula is C25H19ClFN3O2S. The van der Waals surface area contributed by atoms with Crippen molar-refractivity contribution in [2.24, 2.45) is 5.92 Å². The molecule has 1 N–H and O–H groups in total. The number of ketones is 1. The smallest absolute Gasteiger partial charge is 0.250 e. The second kappa shape index (κ2) is 7.65. The highest BCUT2D eigenvalue weighted by Crippen LogP contribution is 2.61. The average Bonchev–Trinajstić information content (AvgIpc) is 3.48. The van der Waals surface area contributed by atoms with Crippen molar-refractivity contribution in [2.45, 2.75) is 17.5 Å². The zero-order valence-corrected chi connectivity index (χ0v) is 18.9. The van der Waals surface area contributed by atoms with Crippen molar-refractivity contribution in [2.75, 3.05) is 16.9 Å². The van der Waals surface area contributed by atoms with Crippen LogP contribution in [0, 0.1) is 11.7 Å². The number of rotatable bonds is 3. The third kappa shape index (κ3) is 2.92. The molecule has 6 rings (SSSR count). The van der Waals surface area contributed by atoms with Crippen LogP contribution in [-0.4, -0.2) is 39.2 Å². The molecule has 4 atom stereocenters. The lowest BCUT2D eigenvalue weighted by molar-refractivity contribution is -0.127. The highest BCUT2D eigenvalue weighted by Gasteiger charge is 2.69. The lowest BCUT2D eigenvalue weighted by Crippen LogP contribution is -2.52. The summed E-state index contributed by atoms with van der Waals surface area (Å²) in [6.45, 7) is 0. The van der Waals surface area contributed by atoms with Gasteiger partial charge in [-0.1, -0.05) is 23.7 Å². The first-order valence-electron chi connectivity index (χ1n) is 10.7. The van der Waals surface area contributed by atoms with Gasteiger partial charge in [0.15, 0.2) is 5.78 Å². The van der Waals surface area contributed by atoms with Gasteiger partial charge >= 0.3 is 0 Å². The van der Waals surface area contributed by atoms with E-state index in [0.29, 0.717) is 27.7 Å². The minimum absolute atomic E-state index is 0.0678. The topological polar surface area (TPSA) is 62.3 Å². The Morgan fingerprint density at radius 1 is 1.21 bits per heavy atom. The largest absolute Gasteiger partial charge is 0.324 e. The lowest BCUT2D eigenvalue weighted by atomic mass is 9.69. The van der Waals surface area contributed by atoms with E-state index >= 15 is 0 Å². The molecule has 166 valence electrons. The fourth-order valence-corrected chi connectivity index (χ4v) is 7.25. The van der Waals surface area contributed by atoms with E-state index in [1.807, 2.05) is 24.3 Å².